The molecule has 0 heterocycles. The second-order valence-corrected chi connectivity index (χ2v) is 6.72. The molecule has 2 rings (SSSR count). The van der Waals surface area contributed by atoms with E-state index in [1.807, 2.05) is 12.1 Å². The number of ether oxygens (including phenoxy) is 2. The van der Waals surface area contributed by atoms with Crippen LogP contribution in [0.1, 0.15) is 49.5 Å². The lowest BCUT2D eigenvalue weighted by Gasteiger charge is -2.18. The third-order valence-corrected chi connectivity index (χ3v) is 5.36. The summed E-state index contributed by atoms with van der Waals surface area (Å²) in [6.07, 6.45) is 7.71. The number of methoxy groups -OCH3 is 2. The molecule has 0 bridgehead atoms. The van der Waals surface area contributed by atoms with Crippen LogP contribution in [0.2, 0.25) is 0 Å². The van der Waals surface area contributed by atoms with E-state index in [9.17, 15) is 0 Å². The first-order chi connectivity index (χ1) is 9.67. The van der Waals surface area contributed by atoms with Crippen LogP contribution in [0, 0.1) is 5.92 Å². The van der Waals surface area contributed by atoms with Crippen molar-refractivity contribution < 1.29 is 9.47 Å². The van der Waals surface area contributed by atoms with Gasteiger partial charge in [-0.25, -0.2) is 0 Å². The Balaban J connectivity index is 2.08. The number of alkyl halides is 1. The zero-order chi connectivity index (χ0) is 14.5. The first-order valence-electron chi connectivity index (χ1n) is 7.21. The molecule has 1 aromatic carbocycles. The smallest absolute Gasteiger partial charge is 0.141 e. The molecular formula is C16H22BrClO2. The quantitative estimate of drug-likeness (QED) is 0.604. The van der Waals surface area contributed by atoms with Crippen molar-refractivity contribution in [3.63, 3.8) is 0 Å². The van der Waals surface area contributed by atoms with Gasteiger partial charge in [-0.15, -0.1) is 11.6 Å². The highest BCUT2D eigenvalue weighted by Crippen LogP contribution is 2.43. The van der Waals surface area contributed by atoms with E-state index in [1.54, 1.807) is 14.2 Å². The first kappa shape index (κ1) is 16.0. The number of benzene rings is 1. The van der Waals surface area contributed by atoms with Gasteiger partial charge in [0.1, 0.15) is 16.0 Å². The molecule has 1 unspecified atom stereocenters. The van der Waals surface area contributed by atoms with E-state index in [-0.39, 0.29) is 5.38 Å². The van der Waals surface area contributed by atoms with E-state index in [4.69, 9.17) is 21.1 Å². The monoisotopic (exact) mass is 360 g/mol. The Morgan fingerprint density at radius 3 is 2.55 bits per heavy atom. The maximum absolute atomic E-state index is 6.59. The van der Waals surface area contributed by atoms with E-state index >= 15 is 0 Å². The molecule has 0 amide bonds. The highest BCUT2D eigenvalue weighted by Gasteiger charge is 2.21. The molecule has 112 valence electrons. The number of hydrogen-bond donors (Lipinski definition) is 0. The lowest BCUT2D eigenvalue weighted by molar-refractivity contribution is 0.384. The Labute approximate surface area is 134 Å². The van der Waals surface area contributed by atoms with Crippen LogP contribution in [-0.2, 0) is 0 Å². The molecule has 1 aromatic rings. The predicted octanol–water partition coefficient (Wildman–Crippen LogP) is 5.72. The van der Waals surface area contributed by atoms with Gasteiger partial charge in [0, 0.05) is 5.56 Å². The minimum atomic E-state index is -0.00671. The molecule has 2 nitrogen and oxygen atoms in total. The van der Waals surface area contributed by atoms with Gasteiger partial charge < -0.3 is 9.47 Å². The lowest BCUT2D eigenvalue weighted by atomic mass is 9.97. The van der Waals surface area contributed by atoms with Crippen molar-refractivity contribution in [2.24, 2.45) is 5.92 Å². The van der Waals surface area contributed by atoms with Crippen LogP contribution in [0.5, 0.6) is 11.5 Å². The van der Waals surface area contributed by atoms with Crippen molar-refractivity contribution in [2.75, 3.05) is 14.2 Å². The summed E-state index contributed by atoms with van der Waals surface area (Å²) in [6.45, 7) is 0. The Morgan fingerprint density at radius 2 is 1.95 bits per heavy atom. The van der Waals surface area contributed by atoms with Crippen LogP contribution in [0.25, 0.3) is 0 Å². The van der Waals surface area contributed by atoms with Crippen molar-refractivity contribution in [3.05, 3.63) is 22.2 Å². The van der Waals surface area contributed by atoms with E-state index < -0.39 is 0 Å². The van der Waals surface area contributed by atoms with Crippen LogP contribution in [0.15, 0.2) is 16.6 Å². The van der Waals surface area contributed by atoms with Crippen LogP contribution in [0.4, 0.5) is 0 Å². The molecule has 1 fully saturated rings. The maximum Gasteiger partial charge on any atom is 0.141 e. The third kappa shape index (κ3) is 3.62. The van der Waals surface area contributed by atoms with Gasteiger partial charge in [-0.3, -0.25) is 0 Å². The van der Waals surface area contributed by atoms with Crippen molar-refractivity contribution in [3.8, 4) is 11.5 Å². The van der Waals surface area contributed by atoms with Gasteiger partial charge in [0.25, 0.3) is 0 Å². The van der Waals surface area contributed by atoms with Crippen molar-refractivity contribution in [2.45, 2.75) is 43.9 Å². The second-order valence-electron chi connectivity index (χ2n) is 5.40. The average molecular weight is 362 g/mol. The molecule has 1 aliphatic carbocycles. The van der Waals surface area contributed by atoms with E-state index in [0.717, 1.165) is 33.9 Å². The molecule has 0 radical (unpaired) electrons. The SMILES string of the molecule is COc1ccc(C(Cl)CCC2CCCC2)c(OC)c1Br. The van der Waals surface area contributed by atoms with Gasteiger partial charge >= 0.3 is 0 Å². The topological polar surface area (TPSA) is 18.5 Å². The van der Waals surface area contributed by atoms with Gasteiger partial charge in [0.2, 0.25) is 0 Å². The largest absolute Gasteiger partial charge is 0.495 e. The lowest BCUT2D eigenvalue weighted by Crippen LogP contribution is -2.01. The van der Waals surface area contributed by atoms with Crippen LogP contribution in [-0.4, -0.2) is 14.2 Å². The Kier molecular flexibility index (Phi) is 6.03. The van der Waals surface area contributed by atoms with Crippen molar-refractivity contribution in [1.29, 1.82) is 0 Å². The first-order valence-corrected chi connectivity index (χ1v) is 8.44. The molecule has 0 spiro atoms. The molecule has 1 aliphatic rings. The van der Waals surface area contributed by atoms with Gasteiger partial charge in [0.05, 0.1) is 19.6 Å². The fraction of sp³-hybridized carbons (Fsp3) is 0.625. The van der Waals surface area contributed by atoms with E-state index in [1.165, 1.54) is 32.1 Å². The zero-order valence-corrected chi connectivity index (χ0v) is 14.5. The predicted molar refractivity (Wildman–Crippen MR) is 87.0 cm³/mol. The average Bonchev–Trinajstić information content (AvgIpc) is 2.97. The molecule has 0 saturated heterocycles. The minimum absolute atomic E-state index is 0.00671. The van der Waals surface area contributed by atoms with E-state index in [2.05, 4.69) is 15.9 Å². The molecule has 0 aliphatic heterocycles. The highest BCUT2D eigenvalue weighted by atomic mass is 79.9. The summed E-state index contributed by atoms with van der Waals surface area (Å²) in [6, 6.07) is 3.95. The molecule has 20 heavy (non-hydrogen) atoms. The Bertz CT molecular complexity index is 444. The van der Waals surface area contributed by atoms with E-state index in [0.29, 0.717) is 0 Å². The highest BCUT2D eigenvalue weighted by molar-refractivity contribution is 9.10. The standard InChI is InChI=1S/C16H22BrClO2/c1-19-14-10-8-12(16(20-2)15(14)17)13(18)9-7-11-5-3-4-6-11/h8,10-11,13H,3-7,9H2,1-2H3. The fourth-order valence-corrected chi connectivity index (χ4v) is 3.98. The Hall–Kier alpha value is -0.410. The molecule has 1 saturated carbocycles. The van der Waals surface area contributed by atoms with Crippen LogP contribution in [0.3, 0.4) is 0 Å². The van der Waals surface area contributed by atoms with Gasteiger partial charge in [-0.1, -0.05) is 31.7 Å². The molecule has 1 atom stereocenters. The summed E-state index contributed by atoms with van der Waals surface area (Å²) in [5.74, 6) is 2.42. The fourth-order valence-electron chi connectivity index (χ4n) is 3.00. The minimum Gasteiger partial charge on any atom is -0.495 e. The van der Waals surface area contributed by atoms with Gasteiger partial charge in [0.15, 0.2) is 0 Å². The van der Waals surface area contributed by atoms with Crippen molar-refractivity contribution in [1.82, 2.24) is 0 Å². The Morgan fingerprint density at radius 1 is 1.25 bits per heavy atom. The summed E-state index contributed by atoms with van der Waals surface area (Å²) in [5, 5.41) is -0.00671. The van der Waals surface area contributed by atoms with Crippen molar-refractivity contribution >= 4 is 27.5 Å². The number of halogens is 2. The zero-order valence-electron chi connectivity index (χ0n) is 12.1. The third-order valence-electron chi connectivity index (χ3n) is 4.16. The molecule has 0 N–H and O–H groups in total. The maximum atomic E-state index is 6.59. The second kappa shape index (κ2) is 7.56. The van der Waals surface area contributed by atoms with Crippen LogP contribution >= 0.6 is 27.5 Å². The summed E-state index contributed by atoms with van der Waals surface area (Å²) in [7, 11) is 3.32. The summed E-state index contributed by atoms with van der Waals surface area (Å²) >= 11 is 10.1. The van der Waals surface area contributed by atoms with Crippen LogP contribution < -0.4 is 9.47 Å². The van der Waals surface area contributed by atoms with Gasteiger partial charge in [-0.05, 0) is 40.8 Å². The number of hydrogen-bond acceptors (Lipinski definition) is 2. The summed E-state index contributed by atoms with van der Waals surface area (Å²) < 4.78 is 11.6. The molecular weight excluding hydrogens is 340 g/mol. The summed E-state index contributed by atoms with van der Waals surface area (Å²) in [5.41, 5.74) is 1.04. The summed E-state index contributed by atoms with van der Waals surface area (Å²) in [4.78, 5) is 0. The van der Waals surface area contributed by atoms with Gasteiger partial charge in [-0.2, -0.15) is 0 Å². The number of rotatable bonds is 6. The normalized spacial score (nSPS) is 17.2. The molecule has 4 heteroatoms. The molecule has 0 aromatic heterocycles.